The number of thiol groups is 1. The van der Waals surface area contributed by atoms with Crippen LogP contribution in [0.1, 0.15) is 23.2 Å². The Morgan fingerprint density at radius 1 is 1.57 bits per heavy atom. The molecule has 118 valence electrons. The van der Waals surface area contributed by atoms with E-state index in [-0.39, 0.29) is 5.25 Å². The number of furan rings is 1. The molecule has 1 unspecified atom stereocenters. The summed E-state index contributed by atoms with van der Waals surface area (Å²) >= 11 is 4.50. The van der Waals surface area contributed by atoms with E-state index in [9.17, 15) is 10.1 Å². The molecule has 0 amide bonds. The summed E-state index contributed by atoms with van der Waals surface area (Å²) in [5.41, 5.74) is 0. The molecule has 1 aromatic rings. The summed E-state index contributed by atoms with van der Waals surface area (Å²) in [5.74, 6) is 2.07. The highest BCUT2D eigenvalue weighted by Gasteiger charge is 2.12. The van der Waals surface area contributed by atoms with E-state index < -0.39 is 4.92 Å². The van der Waals surface area contributed by atoms with Crippen LogP contribution < -0.4 is 10.6 Å². The lowest BCUT2D eigenvalue weighted by Gasteiger charge is -2.11. The van der Waals surface area contributed by atoms with Crippen molar-refractivity contribution in [3.05, 3.63) is 45.8 Å². The van der Waals surface area contributed by atoms with Crippen molar-refractivity contribution in [3.8, 4) is 0 Å². The summed E-state index contributed by atoms with van der Waals surface area (Å²) < 4.78 is 5.72. The van der Waals surface area contributed by atoms with Crippen molar-refractivity contribution in [2.75, 3.05) is 27.7 Å². The Morgan fingerprint density at radius 2 is 2.29 bits per heavy atom. The van der Waals surface area contributed by atoms with Crippen LogP contribution >= 0.6 is 12.6 Å². The molecule has 0 saturated heterocycles. The molecule has 2 N–H and O–H groups in total. The topological polar surface area (TPSA) is 83.6 Å². The van der Waals surface area contributed by atoms with Gasteiger partial charge < -0.3 is 20.0 Å². The van der Waals surface area contributed by atoms with E-state index in [4.69, 9.17) is 4.42 Å². The summed E-state index contributed by atoms with van der Waals surface area (Å²) in [6.07, 6.45) is 1.59. The van der Waals surface area contributed by atoms with E-state index in [1.54, 1.807) is 7.05 Å². The van der Waals surface area contributed by atoms with E-state index in [1.165, 1.54) is 0 Å². The van der Waals surface area contributed by atoms with E-state index in [2.05, 4.69) is 23.3 Å². The van der Waals surface area contributed by atoms with Crippen LogP contribution in [0.15, 0.2) is 28.6 Å². The third-order valence-electron chi connectivity index (χ3n) is 2.72. The third-order valence-corrected chi connectivity index (χ3v) is 3.23. The van der Waals surface area contributed by atoms with Gasteiger partial charge in [-0.25, -0.2) is 0 Å². The largest absolute Gasteiger partial charge is 0.464 e. The Hall–Kier alpha value is -1.67. The average Bonchev–Trinajstić information content (AvgIpc) is 2.84. The molecule has 1 rings (SSSR count). The number of hydrogen-bond donors (Lipinski definition) is 3. The third kappa shape index (κ3) is 6.54. The van der Waals surface area contributed by atoms with Crippen LogP contribution in [0.25, 0.3) is 0 Å². The predicted octanol–water partition coefficient (Wildman–Crippen LogP) is 1.59. The predicted molar refractivity (Wildman–Crippen MR) is 84.6 cm³/mol. The lowest BCUT2D eigenvalue weighted by atomic mass is 10.2. The number of nitrogens with one attached hydrogen (secondary N) is 2. The fourth-order valence-corrected chi connectivity index (χ4v) is 2.03. The minimum absolute atomic E-state index is 0.0536. The fourth-order valence-electron chi connectivity index (χ4n) is 1.76. The van der Waals surface area contributed by atoms with Gasteiger partial charge in [-0.2, -0.15) is 12.6 Å². The standard InChI is InChI=1S/C13H22N4O3S/c1-14-13(9-17(18)19)15-7-6-12(21)11-5-4-10(20-11)8-16(2)3/h4-5,9,12,14-15,21H,6-8H2,1-3H3. The molecule has 1 aromatic heterocycles. The van der Waals surface area contributed by atoms with Gasteiger partial charge in [0.15, 0.2) is 5.82 Å². The first-order valence-electron chi connectivity index (χ1n) is 6.60. The minimum atomic E-state index is -0.503. The molecule has 0 spiro atoms. The van der Waals surface area contributed by atoms with Gasteiger partial charge in [0, 0.05) is 13.6 Å². The molecular weight excluding hydrogens is 292 g/mol. The van der Waals surface area contributed by atoms with Crippen molar-refractivity contribution in [3.63, 3.8) is 0 Å². The zero-order chi connectivity index (χ0) is 15.8. The molecular formula is C13H22N4O3S. The second kappa shape index (κ2) is 8.58. The first-order valence-corrected chi connectivity index (χ1v) is 7.12. The van der Waals surface area contributed by atoms with Gasteiger partial charge in [-0.15, -0.1) is 0 Å². The van der Waals surface area contributed by atoms with Gasteiger partial charge in [0.2, 0.25) is 0 Å². The van der Waals surface area contributed by atoms with Gasteiger partial charge in [-0.05, 0) is 32.6 Å². The highest BCUT2D eigenvalue weighted by molar-refractivity contribution is 7.80. The van der Waals surface area contributed by atoms with Crippen LogP contribution in [-0.4, -0.2) is 37.5 Å². The van der Waals surface area contributed by atoms with Crippen LogP contribution in [0, 0.1) is 10.1 Å². The minimum Gasteiger partial charge on any atom is -0.464 e. The second-order valence-electron chi connectivity index (χ2n) is 4.85. The van der Waals surface area contributed by atoms with Crippen LogP contribution in [0.2, 0.25) is 0 Å². The first kappa shape index (κ1) is 17.4. The van der Waals surface area contributed by atoms with Crippen LogP contribution in [0.3, 0.4) is 0 Å². The van der Waals surface area contributed by atoms with E-state index >= 15 is 0 Å². The van der Waals surface area contributed by atoms with Crippen molar-refractivity contribution in [2.24, 2.45) is 0 Å². The maximum Gasteiger partial charge on any atom is 0.274 e. The zero-order valence-corrected chi connectivity index (χ0v) is 13.4. The maximum atomic E-state index is 10.4. The summed E-state index contributed by atoms with van der Waals surface area (Å²) in [6, 6.07) is 3.86. The number of hydrogen-bond acceptors (Lipinski definition) is 7. The monoisotopic (exact) mass is 314 g/mol. The van der Waals surface area contributed by atoms with Gasteiger partial charge in [-0.1, -0.05) is 0 Å². The average molecular weight is 314 g/mol. The second-order valence-corrected chi connectivity index (χ2v) is 5.47. The van der Waals surface area contributed by atoms with Crippen molar-refractivity contribution in [1.29, 1.82) is 0 Å². The van der Waals surface area contributed by atoms with Crippen molar-refractivity contribution in [1.82, 2.24) is 15.5 Å². The van der Waals surface area contributed by atoms with E-state index in [0.717, 1.165) is 24.3 Å². The van der Waals surface area contributed by atoms with Gasteiger partial charge in [-0.3, -0.25) is 10.1 Å². The van der Waals surface area contributed by atoms with E-state index in [0.29, 0.717) is 18.8 Å². The quantitative estimate of drug-likeness (QED) is 0.365. The molecule has 1 heterocycles. The van der Waals surface area contributed by atoms with Crippen LogP contribution in [-0.2, 0) is 6.54 Å². The number of nitro groups is 1. The SMILES string of the molecule is CNC(=C[N+](=O)[O-])NCCC(S)c1ccc(CN(C)C)o1. The summed E-state index contributed by atoms with van der Waals surface area (Å²) in [5, 5.41) is 16.0. The molecule has 0 aliphatic rings. The molecule has 0 aromatic carbocycles. The molecule has 0 aliphatic heterocycles. The van der Waals surface area contributed by atoms with Crippen molar-refractivity contribution >= 4 is 12.6 Å². The Kier molecular flexibility index (Phi) is 7.10. The van der Waals surface area contributed by atoms with Gasteiger partial charge in [0.25, 0.3) is 6.20 Å². The molecule has 0 fully saturated rings. The summed E-state index contributed by atoms with van der Waals surface area (Å²) in [4.78, 5) is 11.9. The normalized spacial score (nSPS) is 13.3. The van der Waals surface area contributed by atoms with E-state index in [1.807, 2.05) is 31.1 Å². The molecule has 8 heteroatoms. The molecule has 0 bridgehead atoms. The Balaban J connectivity index is 2.44. The lowest BCUT2D eigenvalue weighted by Crippen LogP contribution is -2.25. The van der Waals surface area contributed by atoms with Gasteiger partial charge >= 0.3 is 0 Å². The van der Waals surface area contributed by atoms with Crippen LogP contribution in [0.4, 0.5) is 0 Å². The number of rotatable bonds is 9. The van der Waals surface area contributed by atoms with Gasteiger partial charge in [0.1, 0.15) is 11.5 Å². The molecule has 0 saturated carbocycles. The molecule has 0 radical (unpaired) electrons. The Bertz CT molecular complexity index is 488. The summed E-state index contributed by atoms with van der Waals surface area (Å²) in [7, 11) is 5.58. The molecule has 7 nitrogen and oxygen atoms in total. The Labute approximate surface area is 129 Å². The van der Waals surface area contributed by atoms with Crippen molar-refractivity contribution < 1.29 is 9.34 Å². The molecule has 21 heavy (non-hydrogen) atoms. The zero-order valence-electron chi connectivity index (χ0n) is 12.5. The number of nitrogens with zero attached hydrogens (tertiary/aromatic N) is 2. The molecule has 0 aliphatic carbocycles. The lowest BCUT2D eigenvalue weighted by molar-refractivity contribution is -0.404. The van der Waals surface area contributed by atoms with Gasteiger partial charge in [0.05, 0.1) is 16.7 Å². The van der Waals surface area contributed by atoms with Crippen molar-refractivity contribution in [2.45, 2.75) is 18.2 Å². The van der Waals surface area contributed by atoms with Crippen LogP contribution in [0.5, 0.6) is 0 Å². The fraction of sp³-hybridized carbons (Fsp3) is 0.538. The Morgan fingerprint density at radius 3 is 2.86 bits per heavy atom. The molecule has 1 atom stereocenters. The maximum absolute atomic E-state index is 10.4. The highest BCUT2D eigenvalue weighted by atomic mass is 32.1. The summed E-state index contributed by atoms with van der Waals surface area (Å²) in [6.45, 7) is 1.30. The first-order chi connectivity index (χ1) is 9.92. The highest BCUT2D eigenvalue weighted by Crippen LogP contribution is 2.25. The smallest absolute Gasteiger partial charge is 0.274 e.